The Kier molecular flexibility index (Phi) is 5.43. The van der Waals surface area contributed by atoms with Gasteiger partial charge in [0.15, 0.2) is 11.5 Å². The molecule has 1 atom stereocenters. The lowest BCUT2D eigenvalue weighted by molar-refractivity contribution is -0.113. The summed E-state index contributed by atoms with van der Waals surface area (Å²) in [6.07, 6.45) is 0. The van der Waals surface area contributed by atoms with E-state index in [-0.39, 0.29) is 16.9 Å². The number of anilines is 1. The van der Waals surface area contributed by atoms with Gasteiger partial charge in [0.25, 0.3) is 0 Å². The van der Waals surface area contributed by atoms with E-state index in [1.165, 1.54) is 11.8 Å². The molecule has 0 spiro atoms. The van der Waals surface area contributed by atoms with Crippen LogP contribution in [-0.4, -0.2) is 33.2 Å². The number of amides is 1. The number of phenols is 1. The Hall–Kier alpha value is -2.64. The summed E-state index contributed by atoms with van der Waals surface area (Å²) in [7, 11) is 0. The van der Waals surface area contributed by atoms with E-state index in [2.05, 4.69) is 10.4 Å². The molecule has 3 aromatic rings. The minimum atomic E-state index is -0.153. The Morgan fingerprint density at radius 1 is 1.34 bits per heavy atom. The molecule has 29 heavy (non-hydrogen) atoms. The van der Waals surface area contributed by atoms with Gasteiger partial charge in [0.2, 0.25) is 5.91 Å². The molecule has 150 valence electrons. The highest BCUT2D eigenvalue weighted by Crippen LogP contribution is 2.45. The number of halogens is 1. The molecule has 0 fully saturated rings. The molecule has 4 rings (SSSR count). The number of fused-ring (bicyclic) bond motifs is 1. The highest BCUT2D eigenvalue weighted by molar-refractivity contribution is 8.00. The first-order valence-corrected chi connectivity index (χ1v) is 10.6. The molecule has 1 aliphatic heterocycles. The van der Waals surface area contributed by atoms with Gasteiger partial charge < -0.3 is 15.2 Å². The van der Waals surface area contributed by atoms with Crippen molar-refractivity contribution in [1.29, 1.82) is 0 Å². The number of carbonyl (C=O) groups is 1. The first-order valence-electron chi connectivity index (χ1n) is 9.21. The minimum Gasteiger partial charge on any atom is -0.504 e. The molecule has 0 saturated carbocycles. The summed E-state index contributed by atoms with van der Waals surface area (Å²) in [6, 6.07) is 12.7. The van der Waals surface area contributed by atoms with Crippen LogP contribution >= 0.6 is 23.4 Å². The van der Waals surface area contributed by atoms with Gasteiger partial charge in [-0.2, -0.15) is 5.10 Å². The van der Waals surface area contributed by atoms with E-state index in [0.717, 1.165) is 16.8 Å². The number of nitrogens with zero attached hydrogens (tertiary/aromatic N) is 2. The molecule has 1 amide bonds. The van der Waals surface area contributed by atoms with Crippen LogP contribution in [0, 0.1) is 6.92 Å². The van der Waals surface area contributed by atoms with Gasteiger partial charge in [0, 0.05) is 5.56 Å². The largest absolute Gasteiger partial charge is 0.504 e. The molecule has 1 aliphatic rings. The number of ether oxygens (including phenoxy) is 1. The van der Waals surface area contributed by atoms with Gasteiger partial charge in [0.05, 0.1) is 34.0 Å². The smallest absolute Gasteiger partial charge is 0.235 e. The van der Waals surface area contributed by atoms with E-state index in [0.29, 0.717) is 34.6 Å². The van der Waals surface area contributed by atoms with E-state index < -0.39 is 0 Å². The molecular formula is C21H20ClN3O3S. The van der Waals surface area contributed by atoms with E-state index in [1.807, 2.05) is 44.2 Å². The number of para-hydroxylation sites is 1. The Balaban J connectivity index is 1.88. The first-order chi connectivity index (χ1) is 14.0. The third-order valence-electron chi connectivity index (χ3n) is 4.67. The number of carbonyl (C=O) groups excluding carboxylic acids is 1. The summed E-state index contributed by atoms with van der Waals surface area (Å²) in [5.74, 6) is 1.32. The number of phenolic OH excluding ortho intramolecular Hbond substituents is 1. The van der Waals surface area contributed by atoms with Crippen molar-refractivity contribution in [2.24, 2.45) is 0 Å². The monoisotopic (exact) mass is 429 g/mol. The fourth-order valence-electron chi connectivity index (χ4n) is 3.41. The van der Waals surface area contributed by atoms with E-state index >= 15 is 0 Å². The number of aromatic hydroxyl groups is 1. The van der Waals surface area contributed by atoms with Crippen molar-refractivity contribution >= 4 is 35.1 Å². The summed E-state index contributed by atoms with van der Waals surface area (Å²) < 4.78 is 7.24. The van der Waals surface area contributed by atoms with E-state index in [4.69, 9.17) is 16.3 Å². The zero-order valence-electron chi connectivity index (χ0n) is 16.0. The maximum absolute atomic E-state index is 12.5. The van der Waals surface area contributed by atoms with Crippen molar-refractivity contribution in [2.75, 3.05) is 17.7 Å². The summed E-state index contributed by atoms with van der Waals surface area (Å²) in [5, 5.41) is 18.1. The minimum absolute atomic E-state index is 0.0899. The zero-order valence-corrected chi connectivity index (χ0v) is 17.5. The van der Waals surface area contributed by atoms with Crippen molar-refractivity contribution in [3.8, 4) is 17.2 Å². The Morgan fingerprint density at radius 2 is 2.14 bits per heavy atom. The number of hydrogen-bond donors (Lipinski definition) is 2. The number of benzene rings is 2. The highest BCUT2D eigenvalue weighted by atomic mass is 35.5. The third-order valence-corrected chi connectivity index (χ3v) is 6.26. The van der Waals surface area contributed by atoms with Gasteiger partial charge in [-0.3, -0.25) is 4.79 Å². The summed E-state index contributed by atoms with van der Waals surface area (Å²) >= 11 is 7.90. The molecule has 0 saturated heterocycles. The predicted molar refractivity (Wildman–Crippen MR) is 116 cm³/mol. The number of aromatic nitrogens is 2. The zero-order chi connectivity index (χ0) is 20.5. The Morgan fingerprint density at radius 3 is 2.90 bits per heavy atom. The topological polar surface area (TPSA) is 76.4 Å². The molecular weight excluding hydrogens is 410 g/mol. The lowest BCUT2D eigenvalue weighted by Gasteiger charge is -2.17. The molecule has 0 aliphatic carbocycles. The second-order valence-electron chi connectivity index (χ2n) is 6.61. The fraction of sp³-hybridized carbons (Fsp3) is 0.238. The van der Waals surface area contributed by atoms with Crippen molar-refractivity contribution in [2.45, 2.75) is 19.1 Å². The van der Waals surface area contributed by atoms with Crippen molar-refractivity contribution in [3.63, 3.8) is 0 Å². The third kappa shape index (κ3) is 3.68. The maximum Gasteiger partial charge on any atom is 0.235 e. The van der Waals surface area contributed by atoms with Crippen LogP contribution in [0.1, 0.15) is 29.0 Å². The van der Waals surface area contributed by atoms with Gasteiger partial charge in [-0.05, 0) is 43.7 Å². The van der Waals surface area contributed by atoms with Gasteiger partial charge in [-0.15, -0.1) is 11.8 Å². The average Bonchev–Trinajstić information content (AvgIpc) is 2.90. The van der Waals surface area contributed by atoms with Crippen molar-refractivity contribution < 1.29 is 14.6 Å². The van der Waals surface area contributed by atoms with Gasteiger partial charge in [-0.25, -0.2) is 4.68 Å². The molecule has 1 aromatic heterocycles. The quantitative estimate of drug-likeness (QED) is 0.627. The summed E-state index contributed by atoms with van der Waals surface area (Å²) in [6.45, 7) is 4.23. The summed E-state index contributed by atoms with van der Waals surface area (Å²) in [5.41, 5.74) is 3.33. The molecule has 6 nitrogen and oxygen atoms in total. The van der Waals surface area contributed by atoms with Crippen LogP contribution < -0.4 is 10.1 Å². The van der Waals surface area contributed by atoms with Crippen LogP contribution in [0.3, 0.4) is 0 Å². The van der Waals surface area contributed by atoms with Gasteiger partial charge in [-0.1, -0.05) is 29.8 Å². The number of thioether (sulfide) groups is 1. The second-order valence-corrected chi connectivity index (χ2v) is 8.11. The molecule has 0 bridgehead atoms. The predicted octanol–water partition coefficient (Wildman–Crippen LogP) is 4.71. The Labute approximate surface area is 177 Å². The second kappa shape index (κ2) is 8.00. The van der Waals surface area contributed by atoms with Crippen LogP contribution in [-0.2, 0) is 4.79 Å². The number of aryl methyl sites for hydroxylation is 1. The normalized spacial score (nSPS) is 16.1. The van der Waals surface area contributed by atoms with Crippen LogP contribution in [0.15, 0.2) is 42.5 Å². The molecule has 2 aromatic carbocycles. The van der Waals surface area contributed by atoms with Crippen molar-refractivity contribution in [1.82, 2.24) is 9.78 Å². The van der Waals surface area contributed by atoms with E-state index in [9.17, 15) is 9.90 Å². The molecule has 2 heterocycles. The SMILES string of the molecule is CCOc1cc([C@H]2SCC(=O)Nc3c2c(C)nn3-c2ccccc2Cl)ccc1O. The lowest BCUT2D eigenvalue weighted by Crippen LogP contribution is -2.16. The fourth-order valence-corrected chi connectivity index (χ4v) is 4.80. The van der Waals surface area contributed by atoms with Crippen LogP contribution in [0.2, 0.25) is 5.02 Å². The van der Waals surface area contributed by atoms with Crippen LogP contribution in [0.4, 0.5) is 5.82 Å². The molecule has 2 N–H and O–H groups in total. The number of nitrogens with one attached hydrogen (secondary N) is 1. The molecule has 0 radical (unpaired) electrons. The molecule has 0 unspecified atom stereocenters. The number of rotatable bonds is 4. The lowest BCUT2D eigenvalue weighted by atomic mass is 10.0. The van der Waals surface area contributed by atoms with Crippen molar-refractivity contribution in [3.05, 3.63) is 64.3 Å². The Bertz CT molecular complexity index is 1080. The van der Waals surface area contributed by atoms with Crippen LogP contribution in [0.25, 0.3) is 5.69 Å². The van der Waals surface area contributed by atoms with E-state index in [1.54, 1.807) is 16.8 Å². The molecule has 8 heteroatoms. The highest BCUT2D eigenvalue weighted by Gasteiger charge is 2.31. The van der Waals surface area contributed by atoms with Gasteiger partial charge in [0.1, 0.15) is 5.82 Å². The standard InChI is InChI=1S/C21H20ClN3O3S/c1-3-28-17-10-13(8-9-16(17)26)20-19-12(2)24-25(15-7-5-4-6-14(15)22)21(19)23-18(27)11-29-20/h4-10,20,26H,3,11H2,1-2H3,(H,23,27)/t20-/m1/s1. The van der Waals surface area contributed by atoms with Crippen LogP contribution in [0.5, 0.6) is 11.5 Å². The first kappa shape index (κ1) is 19.7. The average molecular weight is 430 g/mol. The summed E-state index contributed by atoms with van der Waals surface area (Å²) in [4.78, 5) is 12.5. The number of hydrogen-bond acceptors (Lipinski definition) is 5. The maximum atomic E-state index is 12.5. The van der Waals surface area contributed by atoms with Gasteiger partial charge >= 0.3 is 0 Å².